The Hall–Kier alpha value is -1.32. The van der Waals surface area contributed by atoms with Gasteiger partial charge in [0.05, 0.1) is 5.69 Å². The number of rotatable bonds is 6. The summed E-state index contributed by atoms with van der Waals surface area (Å²) in [6, 6.07) is 2.29. The quantitative estimate of drug-likeness (QED) is 0.363. The van der Waals surface area contributed by atoms with E-state index in [1.54, 1.807) is 0 Å². The normalized spacial score (nSPS) is 15.8. The fourth-order valence-electron chi connectivity index (χ4n) is 2.96. The second-order valence-corrected chi connectivity index (χ2v) is 7.47. The van der Waals surface area contributed by atoms with E-state index in [0.717, 1.165) is 49.9 Å². The Balaban J connectivity index is 0.00000364. The lowest BCUT2D eigenvalue weighted by Gasteiger charge is -2.34. The standard InChI is InChI=1S/C19H33N5O2.HI/c1-6-20-19(21-12-16-11-17(13(2)3)23-26-16)22-15-7-9-24(10-8-15)18(25)14(4)5;/h11,13-15H,6-10,12H2,1-5H3,(H2,20,21,22);1H. The number of nitrogens with one attached hydrogen (secondary N) is 2. The summed E-state index contributed by atoms with van der Waals surface area (Å²) < 4.78 is 5.35. The molecule has 27 heavy (non-hydrogen) atoms. The molecule has 0 aromatic carbocycles. The molecule has 8 heteroatoms. The van der Waals surface area contributed by atoms with Gasteiger partial charge in [-0.15, -0.1) is 24.0 Å². The van der Waals surface area contributed by atoms with Crippen LogP contribution < -0.4 is 10.6 Å². The van der Waals surface area contributed by atoms with E-state index in [1.807, 2.05) is 31.7 Å². The summed E-state index contributed by atoms with van der Waals surface area (Å²) in [4.78, 5) is 18.7. The molecular weight excluding hydrogens is 457 g/mol. The second-order valence-electron chi connectivity index (χ2n) is 7.47. The maximum atomic E-state index is 12.1. The summed E-state index contributed by atoms with van der Waals surface area (Å²) in [5.74, 6) is 2.21. The van der Waals surface area contributed by atoms with E-state index in [9.17, 15) is 4.79 Å². The molecule has 154 valence electrons. The minimum atomic E-state index is 0. The highest BCUT2D eigenvalue weighted by atomic mass is 127. The molecule has 1 fully saturated rings. The van der Waals surface area contributed by atoms with Gasteiger partial charge in [0.25, 0.3) is 0 Å². The summed E-state index contributed by atoms with van der Waals surface area (Å²) in [7, 11) is 0. The third-order valence-corrected chi connectivity index (χ3v) is 4.55. The monoisotopic (exact) mass is 491 g/mol. The van der Waals surface area contributed by atoms with Gasteiger partial charge in [0.1, 0.15) is 6.54 Å². The number of piperidine rings is 1. The van der Waals surface area contributed by atoms with E-state index in [0.29, 0.717) is 18.5 Å². The summed E-state index contributed by atoms with van der Waals surface area (Å²) in [5.41, 5.74) is 0.954. The number of hydrogen-bond donors (Lipinski definition) is 2. The molecule has 0 atom stereocenters. The number of aliphatic imine (C=N–C) groups is 1. The molecule has 1 aliphatic rings. The molecule has 7 nitrogen and oxygen atoms in total. The van der Waals surface area contributed by atoms with Crippen LogP contribution in [0.1, 0.15) is 64.8 Å². The first-order chi connectivity index (χ1) is 12.4. The van der Waals surface area contributed by atoms with E-state index in [4.69, 9.17) is 4.52 Å². The summed E-state index contributed by atoms with van der Waals surface area (Å²) in [5, 5.41) is 10.8. The summed E-state index contributed by atoms with van der Waals surface area (Å²) in [6.45, 7) is 13.0. The first kappa shape index (κ1) is 23.7. The molecule has 1 aromatic rings. The number of hydrogen-bond acceptors (Lipinski definition) is 4. The van der Waals surface area contributed by atoms with Gasteiger partial charge in [-0.05, 0) is 25.7 Å². The average molecular weight is 491 g/mol. The van der Waals surface area contributed by atoms with Gasteiger partial charge in [0.2, 0.25) is 5.91 Å². The first-order valence-electron chi connectivity index (χ1n) is 9.69. The Morgan fingerprint density at radius 1 is 1.33 bits per heavy atom. The summed E-state index contributed by atoms with van der Waals surface area (Å²) >= 11 is 0. The molecule has 1 amide bonds. The van der Waals surface area contributed by atoms with Crippen molar-refractivity contribution in [1.29, 1.82) is 0 Å². The van der Waals surface area contributed by atoms with Gasteiger partial charge in [-0.2, -0.15) is 0 Å². The van der Waals surface area contributed by atoms with Gasteiger partial charge in [-0.1, -0.05) is 32.9 Å². The fourth-order valence-corrected chi connectivity index (χ4v) is 2.96. The third kappa shape index (κ3) is 7.31. The van der Waals surface area contributed by atoms with Gasteiger partial charge in [-0.3, -0.25) is 4.79 Å². The lowest BCUT2D eigenvalue weighted by atomic mass is 10.0. The van der Waals surface area contributed by atoms with Crippen LogP contribution in [0.2, 0.25) is 0 Å². The van der Waals surface area contributed by atoms with Crippen LogP contribution >= 0.6 is 24.0 Å². The van der Waals surface area contributed by atoms with Crippen molar-refractivity contribution in [1.82, 2.24) is 20.7 Å². The smallest absolute Gasteiger partial charge is 0.225 e. The predicted octanol–water partition coefficient (Wildman–Crippen LogP) is 3.12. The van der Waals surface area contributed by atoms with Crippen LogP contribution in [0.15, 0.2) is 15.6 Å². The Bertz CT molecular complexity index is 607. The Morgan fingerprint density at radius 3 is 2.52 bits per heavy atom. The van der Waals surface area contributed by atoms with Crippen molar-refractivity contribution in [2.24, 2.45) is 10.9 Å². The highest BCUT2D eigenvalue weighted by Crippen LogP contribution is 2.15. The van der Waals surface area contributed by atoms with Crippen molar-refractivity contribution in [3.8, 4) is 0 Å². The Labute approximate surface area is 179 Å². The van der Waals surface area contributed by atoms with Crippen LogP contribution in [0.5, 0.6) is 0 Å². The van der Waals surface area contributed by atoms with E-state index >= 15 is 0 Å². The van der Waals surface area contributed by atoms with E-state index < -0.39 is 0 Å². The molecule has 0 unspecified atom stereocenters. The Morgan fingerprint density at radius 2 is 2.00 bits per heavy atom. The number of carbonyl (C=O) groups excluding carboxylic acids is 1. The number of guanidine groups is 1. The molecule has 2 heterocycles. The number of likely N-dealkylation sites (tertiary alicyclic amines) is 1. The second kappa shape index (κ2) is 11.5. The van der Waals surface area contributed by atoms with Crippen molar-refractivity contribution < 1.29 is 9.32 Å². The van der Waals surface area contributed by atoms with E-state index in [-0.39, 0.29) is 35.8 Å². The van der Waals surface area contributed by atoms with Gasteiger partial charge < -0.3 is 20.1 Å². The summed E-state index contributed by atoms with van der Waals surface area (Å²) in [6.07, 6.45) is 1.87. The minimum Gasteiger partial charge on any atom is -0.359 e. The molecule has 0 spiro atoms. The van der Waals surface area contributed by atoms with Gasteiger partial charge in [-0.25, -0.2) is 4.99 Å². The molecular formula is C19H34IN5O2. The molecule has 2 rings (SSSR count). The highest BCUT2D eigenvalue weighted by molar-refractivity contribution is 14.0. The number of nitrogens with zero attached hydrogens (tertiary/aromatic N) is 3. The zero-order chi connectivity index (χ0) is 19.1. The molecule has 0 bridgehead atoms. The number of carbonyl (C=O) groups is 1. The lowest BCUT2D eigenvalue weighted by Crippen LogP contribution is -2.50. The SMILES string of the molecule is CCNC(=NCc1cc(C(C)C)no1)NC1CCN(C(=O)C(C)C)CC1.I. The van der Waals surface area contributed by atoms with Crippen LogP contribution in [-0.4, -0.2) is 47.6 Å². The van der Waals surface area contributed by atoms with Crippen molar-refractivity contribution in [3.05, 3.63) is 17.5 Å². The number of halogens is 1. The average Bonchev–Trinajstić information content (AvgIpc) is 3.09. The molecule has 0 saturated carbocycles. The zero-order valence-corrected chi connectivity index (χ0v) is 19.4. The lowest BCUT2D eigenvalue weighted by molar-refractivity contribution is -0.135. The fraction of sp³-hybridized carbons (Fsp3) is 0.737. The van der Waals surface area contributed by atoms with Crippen molar-refractivity contribution in [2.75, 3.05) is 19.6 Å². The topological polar surface area (TPSA) is 82.8 Å². The van der Waals surface area contributed by atoms with Crippen molar-refractivity contribution in [3.63, 3.8) is 0 Å². The maximum absolute atomic E-state index is 12.1. The highest BCUT2D eigenvalue weighted by Gasteiger charge is 2.24. The number of aromatic nitrogens is 1. The largest absolute Gasteiger partial charge is 0.359 e. The number of amides is 1. The third-order valence-electron chi connectivity index (χ3n) is 4.55. The molecule has 1 saturated heterocycles. The maximum Gasteiger partial charge on any atom is 0.225 e. The molecule has 2 N–H and O–H groups in total. The first-order valence-corrected chi connectivity index (χ1v) is 9.69. The predicted molar refractivity (Wildman–Crippen MR) is 118 cm³/mol. The van der Waals surface area contributed by atoms with E-state index in [1.165, 1.54) is 0 Å². The van der Waals surface area contributed by atoms with Gasteiger partial charge >= 0.3 is 0 Å². The van der Waals surface area contributed by atoms with Gasteiger partial charge in [0, 0.05) is 37.7 Å². The van der Waals surface area contributed by atoms with Crippen molar-refractivity contribution >= 4 is 35.8 Å². The van der Waals surface area contributed by atoms with Crippen LogP contribution in [0.25, 0.3) is 0 Å². The van der Waals surface area contributed by atoms with Gasteiger partial charge in [0.15, 0.2) is 11.7 Å². The molecule has 1 aromatic heterocycles. The molecule has 0 aliphatic carbocycles. The van der Waals surface area contributed by atoms with E-state index in [2.05, 4.69) is 34.6 Å². The van der Waals surface area contributed by atoms with Crippen LogP contribution in [0.4, 0.5) is 0 Å². The van der Waals surface area contributed by atoms with Crippen LogP contribution in [-0.2, 0) is 11.3 Å². The zero-order valence-electron chi connectivity index (χ0n) is 17.1. The van der Waals surface area contributed by atoms with Crippen LogP contribution in [0, 0.1) is 5.92 Å². The Kier molecular flexibility index (Phi) is 10.1. The molecule has 0 radical (unpaired) electrons. The minimum absolute atomic E-state index is 0. The van der Waals surface area contributed by atoms with Crippen molar-refractivity contribution in [2.45, 2.75) is 66.0 Å². The molecule has 1 aliphatic heterocycles. The van der Waals surface area contributed by atoms with Crippen LogP contribution in [0.3, 0.4) is 0 Å².